The van der Waals surface area contributed by atoms with Crippen LogP contribution in [0.4, 0.5) is 5.69 Å². The molecule has 1 fully saturated rings. The summed E-state index contributed by atoms with van der Waals surface area (Å²) < 4.78 is 40.0. The van der Waals surface area contributed by atoms with Gasteiger partial charge < -0.3 is 18.9 Å². The molecule has 0 saturated carbocycles. The molecule has 1 aromatic carbocycles. The first-order chi connectivity index (χ1) is 13.8. The number of ether oxygens (including phenoxy) is 2. The van der Waals surface area contributed by atoms with Crippen LogP contribution in [0.2, 0.25) is 0 Å². The highest BCUT2D eigenvalue weighted by Crippen LogP contribution is 2.30. The van der Waals surface area contributed by atoms with E-state index in [0.717, 1.165) is 11.4 Å². The second-order valence-corrected chi connectivity index (χ2v) is 8.73. The molecule has 1 aliphatic rings. The van der Waals surface area contributed by atoms with Crippen LogP contribution in [0.25, 0.3) is 0 Å². The van der Waals surface area contributed by atoms with Gasteiger partial charge in [0, 0.05) is 38.9 Å². The quantitative estimate of drug-likeness (QED) is 0.664. The maximum Gasteiger partial charge on any atom is 0.354 e. The van der Waals surface area contributed by atoms with Crippen LogP contribution in [0.1, 0.15) is 23.1 Å². The third-order valence-electron chi connectivity index (χ3n) is 5.26. The number of sulfonamides is 1. The molecule has 0 amide bonds. The number of benzene rings is 1. The highest BCUT2D eigenvalue weighted by molar-refractivity contribution is 7.89. The van der Waals surface area contributed by atoms with E-state index >= 15 is 0 Å². The van der Waals surface area contributed by atoms with E-state index in [1.54, 1.807) is 32.6 Å². The Morgan fingerprint density at radius 3 is 2.41 bits per heavy atom. The van der Waals surface area contributed by atoms with Crippen molar-refractivity contribution >= 4 is 21.7 Å². The number of carbonyl (C=O) groups is 1. The number of para-hydroxylation sites is 2. The van der Waals surface area contributed by atoms with Crippen LogP contribution in [0.15, 0.2) is 35.2 Å². The molecule has 0 unspecified atom stereocenters. The highest BCUT2D eigenvalue weighted by atomic mass is 32.2. The first-order valence-electron chi connectivity index (χ1n) is 9.52. The molecule has 1 aliphatic heterocycles. The van der Waals surface area contributed by atoms with Crippen LogP contribution in [-0.4, -0.2) is 63.2 Å². The van der Waals surface area contributed by atoms with E-state index < -0.39 is 16.0 Å². The minimum atomic E-state index is -3.72. The van der Waals surface area contributed by atoms with Crippen molar-refractivity contribution in [2.45, 2.75) is 18.7 Å². The molecule has 2 aromatic rings. The average molecular weight is 422 g/mol. The van der Waals surface area contributed by atoms with Gasteiger partial charge >= 0.3 is 5.97 Å². The minimum Gasteiger partial charge on any atom is -0.495 e. The number of anilines is 1. The zero-order valence-electron chi connectivity index (χ0n) is 17.2. The van der Waals surface area contributed by atoms with Crippen LogP contribution < -0.4 is 9.64 Å². The summed E-state index contributed by atoms with van der Waals surface area (Å²) in [7, 11) is -0.427. The summed E-state index contributed by atoms with van der Waals surface area (Å²) in [5, 5.41) is 0. The molecule has 158 valence electrons. The second-order valence-electron chi connectivity index (χ2n) is 6.82. The monoisotopic (exact) mass is 421 g/mol. The first kappa shape index (κ1) is 21.2. The molecule has 0 aliphatic carbocycles. The summed E-state index contributed by atoms with van der Waals surface area (Å²) in [6.45, 7) is 5.45. The highest BCUT2D eigenvalue weighted by Gasteiger charge is 2.33. The van der Waals surface area contributed by atoms with Gasteiger partial charge in [-0.3, -0.25) is 0 Å². The second kappa shape index (κ2) is 8.46. The lowest BCUT2D eigenvalue weighted by Crippen LogP contribution is -2.48. The number of methoxy groups -OCH3 is 1. The van der Waals surface area contributed by atoms with Crippen molar-refractivity contribution in [1.82, 2.24) is 8.87 Å². The normalized spacial score (nSPS) is 15.4. The van der Waals surface area contributed by atoms with E-state index in [1.165, 1.54) is 10.4 Å². The summed E-state index contributed by atoms with van der Waals surface area (Å²) in [4.78, 5) is 14.4. The Balaban J connectivity index is 1.80. The molecule has 0 N–H and O–H groups in total. The van der Waals surface area contributed by atoms with Gasteiger partial charge in [0.15, 0.2) is 0 Å². The van der Waals surface area contributed by atoms with Gasteiger partial charge in [-0.1, -0.05) is 12.1 Å². The predicted molar refractivity (Wildman–Crippen MR) is 110 cm³/mol. The molecule has 1 aromatic heterocycles. The Labute approximate surface area is 171 Å². The van der Waals surface area contributed by atoms with Gasteiger partial charge in [-0.05, 0) is 32.0 Å². The fourth-order valence-electron chi connectivity index (χ4n) is 3.53. The smallest absolute Gasteiger partial charge is 0.354 e. The molecule has 0 spiro atoms. The number of aromatic nitrogens is 1. The van der Waals surface area contributed by atoms with Gasteiger partial charge in [-0.2, -0.15) is 4.31 Å². The number of hydrogen-bond donors (Lipinski definition) is 0. The molecule has 2 heterocycles. The van der Waals surface area contributed by atoms with Crippen molar-refractivity contribution in [3.8, 4) is 5.75 Å². The van der Waals surface area contributed by atoms with Gasteiger partial charge in [0.1, 0.15) is 16.3 Å². The molecule has 0 bridgehead atoms. The van der Waals surface area contributed by atoms with Crippen molar-refractivity contribution in [3.05, 3.63) is 41.7 Å². The Kier molecular flexibility index (Phi) is 6.18. The third-order valence-corrected chi connectivity index (χ3v) is 7.27. The average Bonchev–Trinajstić information content (AvgIpc) is 3.04. The molecule has 1 saturated heterocycles. The summed E-state index contributed by atoms with van der Waals surface area (Å²) in [6, 6.07) is 9.11. The largest absolute Gasteiger partial charge is 0.495 e. The summed E-state index contributed by atoms with van der Waals surface area (Å²) >= 11 is 0. The van der Waals surface area contributed by atoms with Gasteiger partial charge in [-0.25, -0.2) is 13.2 Å². The van der Waals surface area contributed by atoms with Gasteiger partial charge in [0.25, 0.3) is 0 Å². The SMILES string of the molecule is CCOC(=O)c1cc(S(=O)(=O)N2CCN(c3ccccc3OC)CC2)c(C)n1C. The molecule has 0 radical (unpaired) electrons. The maximum absolute atomic E-state index is 13.2. The fourth-order valence-corrected chi connectivity index (χ4v) is 5.23. The van der Waals surface area contributed by atoms with Gasteiger partial charge in [0.2, 0.25) is 10.0 Å². The maximum atomic E-state index is 13.2. The van der Waals surface area contributed by atoms with Crippen LogP contribution in [0.3, 0.4) is 0 Å². The Bertz CT molecular complexity index is 992. The van der Waals surface area contributed by atoms with Gasteiger partial charge in [0.05, 0.1) is 19.4 Å². The third kappa shape index (κ3) is 3.97. The topological polar surface area (TPSA) is 81.1 Å². The van der Waals surface area contributed by atoms with Crippen LogP contribution in [0, 0.1) is 6.92 Å². The number of piperazine rings is 1. The van der Waals surface area contributed by atoms with Crippen molar-refractivity contribution < 1.29 is 22.7 Å². The van der Waals surface area contributed by atoms with Crippen LogP contribution in [0.5, 0.6) is 5.75 Å². The van der Waals surface area contributed by atoms with Crippen molar-refractivity contribution in [3.63, 3.8) is 0 Å². The molecular formula is C20H27N3O5S. The molecule has 9 heteroatoms. The predicted octanol–water partition coefficient (Wildman–Crippen LogP) is 2.03. The number of rotatable bonds is 6. The van der Waals surface area contributed by atoms with E-state index in [2.05, 4.69) is 4.90 Å². The number of hydrogen-bond acceptors (Lipinski definition) is 6. The molecule has 0 atom stereocenters. The standard InChI is InChI=1S/C20H27N3O5S/c1-5-28-20(24)17-14-19(15(2)21(17)3)29(25,26)23-12-10-22(11-13-23)16-8-6-7-9-18(16)27-4/h6-9,14H,5,10-13H2,1-4H3. The van der Waals surface area contributed by atoms with E-state index in [9.17, 15) is 13.2 Å². The number of esters is 1. The Morgan fingerprint density at radius 1 is 1.14 bits per heavy atom. The molecule has 29 heavy (non-hydrogen) atoms. The summed E-state index contributed by atoms with van der Waals surface area (Å²) in [5.74, 6) is 0.238. The molecule has 3 rings (SSSR count). The zero-order valence-corrected chi connectivity index (χ0v) is 18.0. The molecule has 8 nitrogen and oxygen atoms in total. The lowest BCUT2D eigenvalue weighted by molar-refractivity contribution is 0.0515. The number of carbonyl (C=O) groups excluding carboxylic acids is 1. The number of nitrogens with zero attached hydrogens (tertiary/aromatic N) is 3. The fraction of sp³-hybridized carbons (Fsp3) is 0.450. The van der Waals surface area contributed by atoms with Crippen molar-refractivity contribution in [1.29, 1.82) is 0 Å². The van der Waals surface area contributed by atoms with E-state index in [-0.39, 0.29) is 17.2 Å². The van der Waals surface area contributed by atoms with E-state index in [0.29, 0.717) is 31.9 Å². The first-order valence-corrected chi connectivity index (χ1v) is 11.0. The zero-order chi connectivity index (χ0) is 21.2. The molecular weight excluding hydrogens is 394 g/mol. The van der Waals surface area contributed by atoms with Crippen molar-refractivity contribution in [2.24, 2.45) is 7.05 Å². The van der Waals surface area contributed by atoms with Crippen LogP contribution in [-0.2, 0) is 21.8 Å². The Hall–Kier alpha value is -2.52. The summed E-state index contributed by atoms with van der Waals surface area (Å²) in [5.41, 5.74) is 1.70. The van der Waals surface area contributed by atoms with E-state index in [1.807, 2.05) is 24.3 Å². The lowest BCUT2D eigenvalue weighted by atomic mass is 10.2. The summed E-state index contributed by atoms with van der Waals surface area (Å²) in [6.07, 6.45) is 0. The lowest BCUT2D eigenvalue weighted by Gasteiger charge is -2.35. The van der Waals surface area contributed by atoms with E-state index in [4.69, 9.17) is 9.47 Å². The minimum absolute atomic E-state index is 0.147. The van der Waals surface area contributed by atoms with Gasteiger partial charge in [-0.15, -0.1) is 0 Å². The van der Waals surface area contributed by atoms with Crippen LogP contribution >= 0.6 is 0 Å². The van der Waals surface area contributed by atoms with Crippen molar-refractivity contribution in [2.75, 3.05) is 44.8 Å². The Morgan fingerprint density at radius 2 is 1.79 bits per heavy atom.